The maximum absolute atomic E-state index is 13.2. The second-order valence-corrected chi connectivity index (χ2v) is 8.68. The van der Waals surface area contributed by atoms with Crippen LogP contribution in [0.25, 0.3) is 11.1 Å². The van der Waals surface area contributed by atoms with Gasteiger partial charge in [-0.1, -0.05) is 43.7 Å². The number of nitrogens with zero attached hydrogens (tertiary/aromatic N) is 1. The minimum atomic E-state index is -1.08. The van der Waals surface area contributed by atoms with E-state index in [1.807, 2.05) is 45.0 Å². The molecule has 1 aromatic carbocycles. The Bertz CT molecular complexity index is 992. The summed E-state index contributed by atoms with van der Waals surface area (Å²) in [5.41, 5.74) is 2.80. The van der Waals surface area contributed by atoms with E-state index in [0.717, 1.165) is 21.6 Å². The zero-order valence-corrected chi connectivity index (χ0v) is 19.1. The first-order valence-electron chi connectivity index (χ1n) is 11.1. The maximum Gasteiger partial charge on any atom is 0.417 e. The maximum atomic E-state index is 13.2. The van der Waals surface area contributed by atoms with Gasteiger partial charge in [-0.05, 0) is 44.2 Å². The van der Waals surface area contributed by atoms with Gasteiger partial charge in [0.15, 0.2) is 5.76 Å². The van der Waals surface area contributed by atoms with E-state index >= 15 is 0 Å². The van der Waals surface area contributed by atoms with Gasteiger partial charge >= 0.3 is 6.09 Å². The summed E-state index contributed by atoms with van der Waals surface area (Å²) in [6.07, 6.45) is 1.19. The number of hydrogen-bond donors (Lipinski definition) is 1. The van der Waals surface area contributed by atoms with Crippen LogP contribution < -0.4 is 0 Å². The Morgan fingerprint density at radius 1 is 1.19 bits per heavy atom. The van der Waals surface area contributed by atoms with Crippen molar-refractivity contribution < 1.29 is 28.6 Å². The first-order chi connectivity index (χ1) is 15.2. The molecular formula is C25H31NO6. The molecule has 2 atom stereocenters. The summed E-state index contributed by atoms with van der Waals surface area (Å²) in [6, 6.07) is 9.17. The molecule has 2 heterocycles. The molecule has 1 aromatic heterocycles. The van der Waals surface area contributed by atoms with Gasteiger partial charge in [-0.15, -0.1) is 0 Å². The smallest absolute Gasteiger partial charge is 0.417 e. The predicted octanol–water partition coefficient (Wildman–Crippen LogP) is 4.39. The molecular weight excluding hydrogens is 410 g/mol. The van der Waals surface area contributed by atoms with Gasteiger partial charge in [-0.2, -0.15) is 0 Å². The van der Waals surface area contributed by atoms with E-state index in [4.69, 9.17) is 14.3 Å². The highest BCUT2D eigenvalue weighted by Crippen LogP contribution is 2.31. The molecule has 1 saturated heterocycles. The van der Waals surface area contributed by atoms with Crippen molar-refractivity contribution in [1.82, 2.24) is 4.90 Å². The van der Waals surface area contributed by atoms with Gasteiger partial charge in [0, 0.05) is 18.6 Å². The molecule has 1 N–H and O–H groups in total. The minimum Gasteiger partial charge on any atom is -0.457 e. The van der Waals surface area contributed by atoms with Gasteiger partial charge in [-0.3, -0.25) is 9.59 Å². The fourth-order valence-corrected chi connectivity index (χ4v) is 3.90. The topological polar surface area (TPSA) is 97.1 Å². The normalized spacial score (nSPS) is 17.0. The van der Waals surface area contributed by atoms with E-state index in [9.17, 15) is 14.4 Å². The van der Waals surface area contributed by atoms with E-state index in [-0.39, 0.29) is 24.9 Å². The number of carbonyl (C=O) groups is 3. The summed E-state index contributed by atoms with van der Waals surface area (Å²) < 4.78 is 11.0. The molecule has 1 aliphatic rings. The standard InChI is InChI=1S/C25H31NO6/c1-15(2)20-14-31-25(30)26(20)24(29)17(4)23(28)22-13-19(18-9-7-8-16(3)12-18)21(32-22)10-5-6-11-27/h7-9,12-13,15,17,20,27H,5-6,10-11,14H2,1-4H3/t17-,20+/m0/s1. The number of rotatable bonds is 9. The van der Waals surface area contributed by atoms with Crippen molar-refractivity contribution in [3.05, 3.63) is 47.4 Å². The number of imide groups is 1. The summed E-state index contributed by atoms with van der Waals surface area (Å²) in [5, 5.41) is 9.12. The van der Waals surface area contributed by atoms with Crippen LogP contribution in [0.2, 0.25) is 0 Å². The van der Waals surface area contributed by atoms with Crippen molar-refractivity contribution in [2.45, 2.75) is 53.0 Å². The van der Waals surface area contributed by atoms with Gasteiger partial charge in [0.25, 0.3) is 0 Å². The number of carbonyl (C=O) groups excluding carboxylic acids is 3. The highest BCUT2D eigenvalue weighted by molar-refractivity contribution is 6.12. The highest BCUT2D eigenvalue weighted by atomic mass is 16.6. The second kappa shape index (κ2) is 10.1. The van der Waals surface area contributed by atoms with Crippen molar-refractivity contribution in [2.75, 3.05) is 13.2 Å². The molecule has 0 bridgehead atoms. The molecule has 0 saturated carbocycles. The number of ether oxygens (including phenoxy) is 1. The first kappa shape index (κ1) is 23.7. The number of furan rings is 1. The number of aliphatic hydroxyl groups excluding tert-OH is 1. The number of amides is 2. The average molecular weight is 442 g/mol. The van der Waals surface area contributed by atoms with Crippen LogP contribution in [-0.2, 0) is 16.0 Å². The number of ketones is 1. The van der Waals surface area contributed by atoms with Crippen LogP contribution in [-0.4, -0.2) is 47.0 Å². The van der Waals surface area contributed by atoms with E-state index in [1.54, 1.807) is 6.07 Å². The Morgan fingerprint density at radius 3 is 2.59 bits per heavy atom. The lowest BCUT2D eigenvalue weighted by Crippen LogP contribution is -2.45. The third kappa shape index (κ3) is 4.93. The van der Waals surface area contributed by atoms with Crippen LogP contribution in [0, 0.1) is 18.8 Å². The zero-order chi connectivity index (χ0) is 23.4. The Morgan fingerprint density at radius 2 is 1.94 bits per heavy atom. The molecule has 0 aliphatic carbocycles. The molecule has 7 heteroatoms. The van der Waals surface area contributed by atoms with Crippen molar-refractivity contribution in [3.63, 3.8) is 0 Å². The molecule has 1 fully saturated rings. The number of benzene rings is 1. The van der Waals surface area contributed by atoms with Crippen LogP contribution in [0.1, 0.15) is 55.5 Å². The first-order valence-corrected chi connectivity index (χ1v) is 11.1. The number of cyclic esters (lactones) is 1. The van der Waals surface area contributed by atoms with Crippen LogP contribution in [0.5, 0.6) is 0 Å². The van der Waals surface area contributed by atoms with Crippen LogP contribution in [0.15, 0.2) is 34.7 Å². The van der Waals surface area contributed by atoms with E-state index in [0.29, 0.717) is 25.0 Å². The van der Waals surface area contributed by atoms with Crippen molar-refractivity contribution in [3.8, 4) is 11.1 Å². The fourth-order valence-electron chi connectivity index (χ4n) is 3.90. The van der Waals surface area contributed by atoms with Crippen molar-refractivity contribution in [2.24, 2.45) is 11.8 Å². The second-order valence-electron chi connectivity index (χ2n) is 8.68. The molecule has 172 valence electrons. The Kier molecular flexibility index (Phi) is 7.51. The average Bonchev–Trinajstić information content (AvgIpc) is 3.36. The zero-order valence-electron chi connectivity index (χ0n) is 19.1. The third-order valence-electron chi connectivity index (χ3n) is 5.87. The SMILES string of the molecule is Cc1cccc(-c2cc(C(=O)[C@H](C)C(=O)N3C(=O)OC[C@@H]3C(C)C)oc2CCCCO)c1. The lowest BCUT2D eigenvalue weighted by Gasteiger charge is -2.24. The van der Waals surface area contributed by atoms with Crippen LogP contribution in [0.4, 0.5) is 4.79 Å². The van der Waals surface area contributed by atoms with Crippen molar-refractivity contribution in [1.29, 1.82) is 0 Å². The highest BCUT2D eigenvalue weighted by Gasteiger charge is 2.43. The predicted molar refractivity (Wildman–Crippen MR) is 119 cm³/mol. The van der Waals surface area contributed by atoms with Gasteiger partial charge in [0.05, 0.1) is 6.04 Å². The van der Waals surface area contributed by atoms with Crippen LogP contribution >= 0.6 is 0 Å². The number of aliphatic hydroxyl groups is 1. The quantitative estimate of drug-likeness (QED) is 0.352. The molecule has 2 amide bonds. The minimum absolute atomic E-state index is 0.0161. The molecule has 0 spiro atoms. The van der Waals surface area contributed by atoms with Gasteiger partial charge in [-0.25, -0.2) is 9.69 Å². The Hall–Kier alpha value is -2.93. The molecule has 1 aliphatic heterocycles. The lowest BCUT2D eigenvalue weighted by molar-refractivity contribution is -0.132. The number of Topliss-reactive ketones (excluding diaryl/α,β-unsaturated/α-hetero) is 1. The van der Waals surface area contributed by atoms with E-state index in [1.165, 1.54) is 6.92 Å². The summed E-state index contributed by atoms with van der Waals surface area (Å²) in [4.78, 5) is 39.4. The number of aryl methyl sites for hydroxylation is 2. The summed E-state index contributed by atoms with van der Waals surface area (Å²) >= 11 is 0. The van der Waals surface area contributed by atoms with Gasteiger partial charge < -0.3 is 14.3 Å². The third-order valence-corrected chi connectivity index (χ3v) is 5.87. The van der Waals surface area contributed by atoms with E-state index in [2.05, 4.69) is 0 Å². The Balaban J connectivity index is 1.89. The largest absolute Gasteiger partial charge is 0.457 e. The molecule has 2 aromatic rings. The Labute approximate surface area is 188 Å². The van der Waals surface area contributed by atoms with Gasteiger partial charge in [0.2, 0.25) is 11.7 Å². The fraction of sp³-hybridized carbons (Fsp3) is 0.480. The monoisotopic (exact) mass is 441 g/mol. The molecule has 32 heavy (non-hydrogen) atoms. The molecule has 7 nitrogen and oxygen atoms in total. The number of unbranched alkanes of at least 4 members (excludes halogenated alkanes) is 1. The summed E-state index contributed by atoms with van der Waals surface area (Å²) in [5.74, 6) is -1.38. The van der Waals surface area contributed by atoms with Gasteiger partial charge in [0.1, 0.15) is 18.3 Å². The lowest BCUT2D eigenvalue weighted by atomic mass is 9.98. The molecule has 3 rings (SSSR count). The summed E-state index contributed by atoms with van der Waals surface area (Å²) in [6.45, 7) is 7.50. The van der Waals surface area contributed by atoms with Crippen molar-refractivity contribution >= 4 is 17.8 Å². The van der Waals surface area contributed by atoms with E-state index < -0.39 is 29.7 Å². The molecule has 0 unspecified atom stereocenters. The number of hydrogen-bond acceptors (Lipinski definition) is 6. The summed E-state index contributed by atoms with van der Waals surface area (Å²) in [7, 11) is 0. The molecule has 0 radical (unpaired) electrons. The van der Waals surface area contributed by atoms with Crippen LogP contribution in [0.3, 0.4) is 0 Å².